The predicted molar refractivity (Wildman–Crippen MR) is 75.3 cm³/mol. The van der Waals surface area contributed by atoms with Gasteiger partial charge in [-0.15, -0.1) is 5.10 Å². The van der Waals surface area contributed by atoms with Crippen molar-refractivity contribution in [2.75, 3.05) is 24.6 Å². The zero-order valence-corrected chi connectivity index (χ0v) is 12.2. The summed E-state index contributed by atoms with van der Waals surface area (Å²) in [5.74, 6) is -0.514. The maximum absolute atomic E-state index is 11.5. The maximum atomic E-state index is 11.5. The molecule has 0 spiro atoms. The average molecular weight is 279 g/mol. The molecule has 6 heteroatoms. The molecule has 2 heterocycles. The number of likely N-dealkylation sites (N-methyl/N-ethyl adjacent to an activating group) is 1. The number of carbonyl (C=O) groups is 1. The number of carboxylic acids is 1. The minimum atomic E-state index is -0.957. The van der Waals surface area contributed by atoms with Crippen LogP contribution < -0.4 is 4.90 Å². The lowest BCUT2D eigenvalue weighted by Crippen LogP contribution is -2.34. The molecule has 1 saturated heterocycles. The molecule has 1 N–H and O–H groups in total. The molecule has 0 radical (unpaired) electrons. The number of nitrogens with zero attached hydrogens (tertiary/aromatic N) is 3. The Balaban J connectivity index is 2.33. The Morgan fingerprint density at radius 1 is 1.45 bits per heavy atom. The quantitative estimate of drug-likeness (QED) is 0.885. The van der Waals surface area contributed by atoms with Crippen molar-refractivity contribution in [2.24, 2.45) is 0 Å². The van der Waals surface area contributed by atoms with Gasteiger partial charge in [-0.05, 0) is 39.2 Å². The van der Waals surface area contributed by atoms with Crippen LogP contribution in [-0.2, 0) is 4.74 Å². The Bertz CT molecular complexity index is 499. The number of ether oxygens (including phenoxy) is 1. The summed E-state index contributed by atoms with van der Waals surface area (Å²) in [6.07, 6.45) is 2.23. The maximum Gasteiger partial charge on any atom is 0.339 e. The largest absolute Gasteiger partial charge is 0.478 e. The fourth-order valence-electron chi connectivity index (χ4n) is 2.47. The molecule has 1 aromatic rings. The molecule has 6 nitrogen and oxygen atoms in total. The van der Waals surface area contributed by atoms with Crippen LogP contribution in [-0.4, -0.2) is 47.1 Å². The summed E-state index contributed by atoms with van der Waals surface area (Å²) in [5, 5.41) is 17.6. The number of aryl methyl sites for hydroxylation is 1. The van der Waals surface area contributed by atoms with Gasteiger partial charge in [-0.3, -0.25) is 0 Å². The molecule has 110 valence electrons. The molecular weight excluding hydrogens is 258 g/mol. The Labute approximate surface area is 118 Å². The van der Waals surface area contributed by atoms with Crippen LogP contribution in [0.5, 0.6) is 0 Å². The van der Waals surface area contributed by atoms with Crippen molar-refractivity contribution in [1.82, 2.24) is 10.2 Å². The summed E-state index contributed by atoms with van der Waals surface area (Å²) >= 11 is 0. The number of aromatic carboxylic acids is 1. The van der Waals surface area contributed by atoms with Gasteiger partial charge in [0.25, 0.3) is 0 Å². The van der Waals surface area contributed by atoms with Crippen LogP contribution in [0.15, 0.2) is 0 Å². The van der Waals surface area contributed by atoms with E-state index in [2.05, 4.69) is 10.2 Å². The Morgan fingerprint density at radius 3 is 2.75 bits per heavy atom. The van der Waals surface area contributed by atoms with E-state index in [9.17, 15) is 9.90 Å². The van der Waals surface area contributed by atoms with Gasteiger partial charge in [0.05, 0.1) is 11.8 Å². The second kappa shape index (κ2) is 6.17. The van der Waals surface area contributed by atoms with Crippen LogP contribution in [0.25, 0.3) is 0 Å². The average Bonchev–Trinajstić information content (AvgIpc) is 2.91. The monoisotopic (exact) mass is 279 g/mol. The van der Waals surface area contributed by atoms with Gasteiger partial charge in [-0.2, -0.15) is 5.10 Å². The smallest absolute Gasteiger partial charge is 0.339 e. The lowest BCUT2D eigenvalue weighted by atomic mass is 10.1. The Kier molecular flexibility index (Phi) is 4.54. The highest BCUT2D eigenvalue weighted by molar-refractivity contribution is 5.95. The van der Waals surface area contributed by atoms with Gasteiger partial charge in [0, 0.05) is 19.7 Å². The molecule has 0 aromatic carbocycles. The molecule has 0 saturated carbocycles. The van der Waals surface area contributed by atoms with E-state index in [1.807, 2.05) is 11.8 Å². The van der Waals surface area contributed by atoms with Crippen molar-refractivity contribution in [3.8, 4) is 0 Å². The van der Waals surface area contributed by atoms with Gasteiger partial charge < -0.3 is 14.7 Å². The SMILES string of the molecule is CCN(CC1CCCO1)c1nnc(C)c(C)c1C(=O)O. The molecule has 0 amide bonds. The molecule has 0 aliphatic carbocycles. The zero-order valence-electron chi connectivity index (χ0n) is 12.2. The highest BCUT2D eigenvalue weighted by atomic mass is 16.5. The highest BCUT2D eigenvalue weighted by Crippen LogP contribution is 2.24. The Hall–Kier alpha value is -1.69. The number of rotatable bonds is 5. The van der Waals surface area contributed by atoms with Gasteiger partial charge in [-0.25, -0.2) is 4.79 Å². The molecule has 1 aromatic heterocycles. The van der Waals surface area contributed by atoms with E-state index in [0.29, 0.717) is 30.2 Å². The minimum absolute atomic E-state index is 0.153. The topological polar surface area (TPSA) is 75.5 Å². The fraction of sp³-hybridized carbons (Fsp3) is 0.643. The number of hydrogen-bond donors (Lipinski definition) is 1. The van der Waals surface area contributed by atoms with E-state index in [-0.39, 0.29) is 11.7 Å². The van der Waals surface area contributed by atoms with Crippen LogP contribution in [0.4, 0.5) is 5.82 Å². The van der Waals surface area contributed by atoms with Gasteiger partial charge in [-0.1, -0.05) is 0 Å². The molecule has 1 atom stereocenters. The van der Waals surface area contributed by atoms with Crippen molar-refractivity contribution in [3.05, 3.63) is 16.8 Å². The highest BCUT2D eigenvalue weighted by Gasteiger charge is 2.25. The summed E-state index contributed by atoms with van der Waals surface area (Å²) in [6, 6.07) is 0. The summed E-state index contributed by atoms with van der Waals surface area (Å²) in [5.41, 5.74) is 1.57. The van der Waals surface area contributed by atoms with Crippen LogP contribution >= 0.6 is 0 Å². The molecular formula is C14H21N3O3. The second-order valence-electron chi connectivity index (χ2n) is 5.09. The lowest BCUT2D eigenvalue weighted by Gasteiger charge is -2.26. The molecule has 2 rings (SSSR count). The van der Waals surface area contributed by atoms with Gasteiger partial charge in [0.1, 0.15) is 5.56 Å². The molecule has 20 heavy (non-hydrogen) atoms. The van der Waals surface area contributed by atoms with Crippen molar-refractivity contribution in [2.45, 2.75) is 39.7 Å². The van der Waals surface area contributed by atoms with Crippen molar-refractivity contribution in [1.29, 1.82) is 0 Å². The minimum Gasteiger partial charge on any atom is -0.478 e. The first kappa shape index (κ1) is 14.7. The number of anilines is 1. The lowest BCUT2D eigenvalue weighted by molar-refractivity contribution is 0.0695. The van der Waals surface area contributed by atoms with E-state index in [1.54, 1.807) is 13.8 Å². The van der Waals surface area contributed by atoms with E-state index < -0.39 is 5.97 Å². The Morgan fingerprint density at radius 2 is 2.20 bits per heavy atom. The third-order valence-corrected chi connectivity index (χ3v) is 3.78. The van der Waals surface area contributed by atoms with Crippen molar-refractivity contribution >= 4 is 11.8 Å². The molecule has 1 unspecified atom stereocenters. The predicted octanol–water partition coefficient (Wildman–Crippen LogP) is 1.80. The molecule has 1 aliphatic heterocycles. The summed E-state index contributed by atoms with van der Waals surface area (Å²) < 4.78 is 5.62. The molecule has 1 fully saturated rings. The number of aromatic nitrogens is 2. The van der Waals surface area contributed by atoms with E-state index in [1.165, 1.54) is 0 Å². The molecule has 1 aliphatic rings. The number of carboxylic acid groups (broad SMARTS) is 1. The van der Waals surface area contributed by atoms with Crippen LogP contribution in [0.3, 0.4) is 0 Å². The first-order chi connectivity index (χ1) is 9.54. The van der Waals surface area contributed by atoms with Crippen LogP contribution in [0.2, 0.25) is 0 Å². The van der Waals surface area contributed by atoms with E-state index in [0.717, 1.165) is 19.4 Å². The third kappa shape index (κ3) is 2.90. The zero-order chi connectivity index (χ0) is 14.7. The van der Waals surface area contributed by atoms with E-state index in [4.69, 9.17) is 4.74 Å². The van der Waals surface area contributed by atoms with Crippen LogP contribution in [0, 0.1) is 13.8 Å². The summed E-state index contributed by atoms with van der Waals surface area (Å²) in [6.45, 7) is 7.65. The fourth-order valence-corrected chi connectivity index (χ4v) is 2.47. The first-order valence-corrected chi connectivity index (χ1v) is 6.98. The number of hydrogen-bond acceptors (Lipinski definition) is 5. The van der Waals surface area contributed by atoms with Crippen LogP contribution in [0.1, 0.15) is 41.4 Å². The normalized spacial score (nSPS) is 18.2. The van der Waals surface area contributed by atoms with Crippen molar-refractivity contribution in [3.63, 3.8) is 0 Å². The van der Waals surface area contributed by atoms with Gasteiger partial charge >= 0.3 is 5.97 Å². The summed E-state index contributed by atoms with van der Waals surface area (Å²) in [7, 11) is 0. The van der Waals surface area contributed by atoms with Gasteiger partial charge in [0.2, 0.25) is 0 Å². The standard InChI is InChI=1S/C14H21N3O3/c1-4-17(8-11-6-5-7-20-11)13-12(14(18)19)9(2)10(3)15-16-13/h11H,4-8H2,1-3H3,(H,18,19). The third-order valence-electron chi connectivity index (χ3n) is 3.78. The molecule has 0 bridgehead atoms. The van der Waals surface area contributed by atoms with E-state index >= 15 is 0 Å². The van der Waals surface area contributed by atoms with Gasteiger partial charge in [0.15, 0.2) is 5.82 Å². The summed E-state index contributed by atoms with van der Waals surface area (Å²) in [4.78, 5) is 13.5. The van der Waals surface area contributed by atoms with Crippen molar-refractivity contribution < 1.29 is 14.6 Å². The first-order valence-electron chi connectivity index (χ1n) is 6.98. The second-order valence-corrected chi connectivity index (χ2v) is 5.09.